The van der Waals surface area contributed by atoms with E-state index >= 15 is 0 Å². The van der Waals surface area contributed by atoms with E-state index < -0.39 is 12.0 Å². The first-order chi connectivity index (χ1) is 12.2. The van der Waals surface area contributed by atoms with Crippen LogP contribution < -0.4 is 5.32 Å². The second-order valence-corrected chi connectivity index (χ2v) is 6.53. The molecule has 0 spiro atoms. The lowest BCUT2D eigenvalue weighted by Gasteiger charge is -2.19. The van der Waals surface area contributed by atoms with Crippen molar-refractivity contribution in [2.45, 2.75) is 40.2 Å². The smallest absolute Gasteiger partial charge is 0.328 e. The van der Waals surface area contributed by atoms with Crippen molar-refractivity contribution in [2.75, 3.05) is 7.11 Å². The Morgan fingerprint density at radius 3 is 2.38 bits per heavy atom. The molecule has 1 heterocycles. The Bertz CT molecular complexity index is 797. The molecule has 1 atom stereocenters. The molecule has 7 heteroatoms. The molecule has 0 bridgehead atoms. The first-order valence-electron chi connectivity index (χ1n) is 8.42. The lowest BCUT2D eigenvalue weighted by molar-refractivity contribution is -0.146. The van der Waals surface area contributed by atoms with Gasteiger partial charge in [0.25, 0.3) is 0 Å². The number of nitrogens with one attached hydrogen (secondary N) is 1. The van der Waals surface area contributed by atoms with Crippen molar-refractivity contribution in [3.63, 3.8) is 0 Å². The number of methoxy groups -OCH3 is 1. The van der Waals surface area contributed by atoms with Gasteiger partial charge < -0.3 is 10.1 Å². The Kier molecular flexibility index (Phi) is 6.13. The molecule has 0 saturated heterocycles. The van der Waals surface area contributed by atoms with E-state index in [2.05, 4.69) is 10.4 Å². The summed E-state index contributed by atoms with van der Waals surface area (Å²) in [5.41, 5.74) is 3.00. The Labute approximate surface area is 152 Å². The summed E-state index contributed by atoms with van der Waals surface area (Å²) in [6.45, 7) is 7.35. The molecule has 26 heavy (non-hydrogen) atoms. The van der Waals surface area contributed by atoms with Crippen molar-refractivity contribution in [1.82, 2.24) is 15.1 Å². The van der Waals surface area contributed by atoms with E-state index in [9.17, 15) is 14.0 Å². The van der Waals surface area contributed by atoms with Gasteiger partial charge in [0.05, 0.1) is 24.9 Å². The van der Waals surface area contributed by atoms with Gasteiger partial charge in [0, 0.05) is 11.3 Å². The zero-order valence-electron chi connectivity index (χ0n) is 15.7. The molecular weight excluding hydrogens is 337 g/mol. The third kappa shape index (κ3) is 4.28. The van der Waals surface area contributed by atoms with Crippen LogP contribution in [0.2, 0.25) is 0 Å². The van der Waals surface area contributed by atoms with Crippen LogP contribution in [0.25, 0.3) is 5.69 Å². The van der Waals surface area contributed by atoms with Crippen LogP contribution in [0, 0.1) is 25.6 Å². The molecule has 1 N–H and O–H groups in total. The fourth-order valence-electron chi connectivity index (χ4n) is 2.77. The summed E-state index contributed by atoms with van der Waals surface area (Å²) < 4.78 is 19.5. The van der Waals surface area contributed by atoms with Gasteiger partial charge in [-0.15, -0.1) is 0 Å². The van der Waals surface area contributed by atoms with Gasteiger partial charge in [-0.25, -0.2) is 13.9 Å². The Balaban J connectivity index is 2.20. The van der Waals surface area contributed by atoms with Crippen molar-refractivity contribution in [3.8, 4) is 5.69 Å². The zero-order valence-corrected chi connectivity index (χ0v) is 15.7. The van der Waals surface area contributed by atoms with Gasteiger partial charge in [-0.2, -0.15) is 5.10 Å². The molecule has 0 aliphatic rings. The van der Waals surface area contributed by atoms with E-state index in [1.165, 1.54) is 19.2 Å². The van der Waals surface area contributed by atoms with E-state index in [1.807, 2.05) is 27.7 Å². The van der Waals surface area contributed by atoms with E-state index in [4.69, 9.17) is 4.74 Å². The summed E-state index contributed by atoms with van der Waals surface area (Å²) in [4.78, 5) is 24.2. The summed E-state index contributed by atoms with van der Waals surface area (Å²) in [5, 5.41) is 7.18. The molecule has 2 rings (SSSR count). The minimum Gasteiger partial charge on any atom is -0.467 e. The van der Waals surface area contributed by atoms with Crippen molar-refractivity contribution >= 4 is 11.9 Å². The maximum absolute atomic E-state index is 13.1. The number of hydrogen-bond donors (Lipinski definition) is 1. The van der Waals surface area contributed by atoms with Gasteiger partial charge in [-0.05, 0) is 44.0 Å². The van der Waals surface area contributed by atoms with Gasteiger partial charge in [-0.3, -0.25) is 4.79 Å². The third-order valence-electron chi connectivity index (χ3n) is 4.29. The molecule has 0 aliphatic carbocycles. The highest BCUT2D eigenvalue weighted by molar-refractivity contribution is 5.86. The number of carbonyl (C=O) groups excluding carboxylic acids is 2. The van der Waals surface area contributed by atoms with Gasteiger partial charge in [0.1, 0.15) is 11.9 Å². The normalized spacial score (nSPS) is 12.1. The average Bonchev–Trinajstić information content (AvgIpc) is 2.87. The summed E-state index contributed by atoms with van der Waals surface area (Å²) in [6.07, 6.45) is 0.0963. The minimum atomic E-state index is -0.694. The summed E-state index contributed by atoms with van der Waals surface area (Å²) in [5.74, 6) is -1.16. The number of aryl methyl sites for hydroxylation is 1. The number of rotatable bonds is 6. The second kappa shape index (κ2) is 8.12. The van der Waals surface area contributed by atoms with Gasteiger partial charge >= 0.3 is 5.97 Å². The third-order valence-corrected chi connectivity index (χ3v) is 4.29. The Hall–Kier alpha value is -2.70. The molecule has 1 aromatic carbocycles. The van der Waals surface area contributed by atoms with Crippen LogP contribution in [0.5, 0.6) is 0 Å². The number of benzene rings is 1. The molecule has 0 radical (unpaired) electrons. The quantitative estimate of drug-likeness (QED) is 0.803. The fraction of sp³-hybridized carbons (Fsp3) is 0.421. The maximum atomic E-state index is 13.1. The number of hydrogen-bond acceptors (Lipinski definition) is 4. The molecule has 2 aromatic rings. The van der Waals surface area contributed by atoms with Crippen LogP contribution in [0.1, 0.15) is 30.8 Å². The number of ether oxygens (including phenoxy) is 1. The van der Waals surface area contributed by atoms with Crippen LogP contribution in [-0.2, 0) is 20.7 Å². The van der Waals surface area contributed by atoms with Gasteiger partial charge in [0.2, 0.25) is 5.91 Å². The molecule has 1 amide bonds. The van der Waals surface area contributed by atoms with Gasteiger partial charge in [0.15, 0.2) is 0 Å². The summed E-state index contributed by atoms with van der Waals surface area (Å²) in [7, 11) is 1.30. The van der Waals surface area contributed by atoms with E-state index in [-0.39, 0.29) is 24.1 Å². The molecule has 0 aliphatic heterocycles. The van der Waals surface area contributed by atoms with Crippen LogP contribution in [0.3, 0.4) is 0 Å². The van der Waals surface area contributed by atoms with Crippen molar-refractivity contribution in [2.24, 2.45) is 5.92 Å². The predicted octanol–water partition coefficient (Wildman–Crippen LogP) is 2.48. The Morgan fingerprint density at radius 2 is 1.85 bits per heavy atom. The van der Waals surface area contributed by atoms with Crippen molar-refractivity contribution in [3.05, 3.63) is 47.0 Å². The van der Waals surface area contributed by atoms with Crippen molar-refractivity contribution in [1.29, 1.82) is 0 Å². The average molecular weight is 361 g/mol. The zero-order chi connectivity index (χ0) is 19.4. The van der Waals surface area contributed by atoms with Crippen LogP contribution in [0.15, 0.2) is 24.3 Å². The maximum Gasteiger partial charge on any atom is 0.328 e. The molecule has 1 aromatic heterocycles. The highest BCUT2D eigenvalue weighted by Crippen LogP contribution is 2.19. The number of amides is 1. The first-order valence-corrected chi connectivity index (χ1v) is 8.42. The highest BCUT2D eigenvalue weighted by atomic mass is 19.1. The monoisotopic (exact) mass is 361 g/mol. The molecule has 140 valence electrons. The lowest BCUT2D eigenvalue weighted by Crippen LogP contribution is -2.45. The van der Waals surface area contributed by atoms with Crippen LogP contribution >= 0.6 is 0 Å². The standard InChI is InChI=1S/C19H24FN3O3/c1-11(2)18(19(25)26-5)21-17(24)10-16-12(3)22-23(13(16)4)15-8-6-14(20)7-9-15/h6-9,11,18H,10H2,1-5H3,(H,21,24)/t18-/m0/s1. The van der Waals surface area contributed by atoms with Crippen molar-refractivity contribution < 1.29 is 18.7 Å². The van der Waals surface area contributed by atoms with E-state index in [0.29, 0.717) is 11.4 Å². The lowest BCUT2D eigenvalue weighted by atomic mass is 10.0. The van der Waals surface area contributed by atoms with E-state index in [1.54, 1.807) is 16.8 Å². The first kappa shape index (κ1) is 19.6. The fourth-order valence-corrected chi connectivity index (χ4v) is 2.77. The number of halogens is 1. The number of aromatic nitrogens is 2. The number of carbonyl (C=O) groups is 2. The SMILES string of the molecule is COC(=O)[C@@H](NC(=O)Cc1c(C)nn(-c2ccc(F)cc2)c1C)C(C)C. The molecular formula is C19H24FN3O3. The summed E-state index contributed by atoms with van der Waals surface area (Å²) >= 11 is 0. The second-order valence-electron chi connectivity index (χ2n) is 6.53. The minimum absolute atomic E-state index is 0.0875. The van der Waals surface area contributed by atoms with Crippen LogP contribution in [0.4, 0.5) is 4.39 Å². The summed E-state index contributed by atoms with van der Waals surface area (Å²) in [6, 6.07) is 5.29. The number of nitrogens with zero attached hydrogens (tertiary/aromatic N) is 2. The van der Waals surface area contributed by atoms with Crippen LogP contribution in [-0.4, -0.2) is 34.8 Å². The number of esters is 1. The molecule has 0 unspecified atom stereocenters. The van der Waals surface area contributed by atoms with E-state index in [0.717, 1.165) is 11.3 Å². The Morgan fingerprint density at radius 1 is 1.23 bits per heavy atom. The predicted molar refractivity (Wildman–Crippen MR) is 95.5 cm³/mol. The van der Waals surface area contributed by atoms with Gasteiger partial charge in [-0.1, -0.05) is 13.8 Å². The molecule has 0 saturated carbocycles. The molecule has 0 fully saturated rings. The highest BCUT2D eigenvalue weighted by Gasteiger charge is 2.26. The molecule has 6 nitrogen and oxygen atoms in total. The topological polar surface area (TPSA) is 73.2 Å². The largest absolute Gasteiger partial charge is 0.467 e.